The van der Waals surface area contributed by atoms with Crippen molar-refractivity contribution in [2.24, 2.45) is 0 Å². The molecule has 5 heteroatoms. The van der Waals surface area contributed by atoms with Gasteiger partial charge in [0.05, 0.1) is 10.6 Å². The highest BCUT2D eigenvalue weighted by molar-refractivity contribution is 7.90. The summed E-state index contributed by atoms with van der Waals surface area (Å²) in [7, 11) is -3.86. The van der Waals surface area contributed by atoms with E-state index in [0.29, 0.717) is 11.4 Å². The van der Waals surface area contributed by atoms with Crippen LogP contribution in [0.3, 0.4) is 0 Å². The van der Waals surface area contributed by atoms with E-state index in [-0.39, 0.29) is 4.90 Å². The molecule has 3 aromatic carbocycles. The van der Waals surface area contributed by atoms with Gasteiger partial charge in [0, 0.05) is 17.2 Å². The highest BCUT2D eigenvalue weighted by atomic mass is 32.2. The molecule has 0 saturated heterocycles. The standard InChI is InChI=1S/C24H18N2O2S/c1-19-12-16-23(17-13-19)29(27,28)26-24(21-10-6-3-7-11-21)18-22(25-26)15-14-20-8-4-2-5-9-20/h2-13,16-18H,1H3. The van der Waals surface area contributed by atoms with Crippen molar-refractivity contribution in [1.29, 1.82) is 0 Å². The molecule has 0 saturated carbocycles. The Bertz CT molecular complexity index is 1300. The van der Waals surface area contributed by atoms with Crippen LogP contribution in [0, 0.1) is 18.8 Å². The van der Waals surface area contributed by atoms with Crippen molar-refractivity contribution in [1.82, 2.24) is 9.19 Å². The van der Waals surface area contributed by atoms with E-state index in [9.17, 15) is 8.42 Å². The lowest BCUT2D eigenvalue weighted by atomic mass is 10.1. The van der Waals surface area contributed by atoms with Gasteiger partial charge in [0.15, 0.2) is 0 Å². The van der Waals surface area contributed by atoms with Gasteiger partial charge < -0.3 is 0 Å². The van der Waals surface area contributed by atoms with Crippen LogP contribution in [0.25, 0.3) is 11.3 Å². The topological polar surface area (TPSA) is 52.0 Å². The predicted molar refractivity (Wildman–Crippen MR) is 114 cm³/mol. The molecule has 0 N–H and O–H groups in total. The molecule has 0 fully saturated rings. The Hall–Kier alpha value is -3.62. The Morgan fingerprint density at radius 3 is 2.07 bits per heavy atom. The fraction of sp³-hybridized carbons (Fsp3) is 0.0417. The number of hydrogen-bond donors (Lipinski definition) is 0. The van der Waals surface area contributed by atoms with Crippen LogP contribution in [0.4, 0.5) is 0 Å². The highest BCUT2D eigenvalue weighted by Gasteiger charge is 2.23. The van der Waals surface area contributed by atoms with Crippen LogP contribution in [0.2, 0.25) is 0 Å². The van der Waals surface area contributed by atoms with Crippen LogP contribution < -0.4 is 0 Å². The number of aromatic nitrogens is 2. The van der Waals surface area contributed by atoms with Crippen LogP contribution in [0.5, 0.6) is 0 Å². The van der Waals surface area contributed by atoms with Crippen molar-refractivity contribution < 1.29 is 8.42 Å². The smallest absolute Gasteiger partial charge is 0.199 e. The van der Waals surface area contributed by atoms with Gasteiger partial charge in [0.25, 0.3) is 10.0 Å². The van der Waals surface area contributed by atoms with E-state index >= 15 is 0 Å². The van der Waals surface area contributed by atoms with Crippen molar-refractivity contribution in [2.45, 2.75) is 11.8 Å². The summed E-state index contributed by atoms with van der Waals surface area (Å²) in [6.45, 7) is 1.91. The third-order valence-electron chi connectivity index (χ3n) is 4.40. The van der Waals surface area contributed by atoms with E-state index in [4.69, 9.17) is 0 Å². The molecule has 0 bridgehead atoms. The molecular formula is C24H18N2O2S. The molecule has 0 aliphatic carbocycles. The fourth-order valence-corrected chi connectivity index (χ4v) is 4.17. The summed E-state index contributed by atoms with van der Waals surface area (Å²) in [4.78, 5) is 0.186. The first kappa shape index (κ1) is 18.7. The molecule has 142 valence electrons. The molecule has 0 radical (unpaired) electrons. The predicted octanol–water partition coefficient (Wildman–Crippen LogP) is 4.50. The normalized spacial score (nSPS) is 10.9. The number of hydrogen-bond acceptors (Lipinski definition) is 3. The molecule has 0 amide bonds. The summed E-state index contributed by atoms with van der Waals surface area (Å²) < 4.78 is 27.6. The van der Waals surface area contributed by atoms with E-state index in [1.54, 1.807) is 30.3 Å². The summed E-state index contributed by atoms with van der Waals surface area (Å²) in [6.07, 6.45) is 0. The minimum absolute atomic E-state index is 0.186. The van der Waals surface area contributed by atoms with Crippen LogP contribution in [-0.2, 0) is 10.0 Å². The van der Waals surface area contributed by atoms with Gasteiger partial charge in [-0.1, -0.05) is 72.1 Å². The van der Waals surface area contributed by atoms with E-state index < -0.39 is 10.0 Å². The first-order valence-corrected chi connectivity index (χ1v) is 10.5. The van der Waals surface area contributed by atoms with Crippen LogP contribution in [0.1, 0.15) is 16.8 Å². The molecule has 4 rings (SSSR count). The molecule has 0 aliphatic rings. The van der Waals surface area contributed by atoms with Crippen molar-refractivity contribution in [3.63, 3.8) is 0 Å². The Kier molecular flexibility index (Phi) is 5.03. The van der Waals surface area contributed by atoms with Gasteiger partial charge in [-0.25, -0.2) is 0 Å². The monoisotopic (exact) mass is 398 g/mol. The second kappa shape index (κ2) is 7.78. The number of aryl methyl sites for hydroxylation is 1. The van der Waals surface area contributed by atoms with Crippen molar-refractivity contribution in [3.8, 4) is 23.1 Å². The summed E-state index contributed by atoms with van der Waals surface area (Å²) in [5.41, 5.74) is 3.45. The van der Waals surface area contributed by atoms with Crippen LogP contribution in [0.15, 0.2) is 95.9 Å². The summed E-state index contributed by atoms with van der Waals surface area (Å²) in [6, 6.07) is 27.3. The molecule has 1 aromatic heterocycles. The summed E-state index contributed by atoms with van der Waals surface area (Å²) in [5, 5.41) is 4.33. The first-order chi connectivity index (χ1) is 14.0. The first-order valence-electron chi connectivity index (χ1n) is 9.09. The average molecular weight is 398 g/mol. The zero-order chi connectivity index (χ0) is 20.3. The number of rotatable bonds is 3. The van der Waals surface area contributed by atoms with Gasteiger partial charge in [0.1, 0.15) is 5.69 Å². The van der Waals surface area contributed by atoms with Gasteiger partial charge in [-0.3, -0.25) is 0 Å². The molecule has 0 unspecified atom stereocenters. The van der Waals surface area contributed by atoms with E-state index in [1.807, 2.05) is 67.6 Å². The third kappa shape index (κ3) is 3.98. The lowest BCUT2D eigenvalue weighted by Gasteiger charge is -2.09. The van der Waals surface area contributed by atoms with Crippen molar-refractivity contribution in [3.05, 3.63) is 108 Å². The van der Waals surface area contributed by atoms with E-state index in [1.165, 1.54) is 0 Å². The zero-order valence-corrected chi connectivity index (χ0v) is 16.6. The lowest BCUT2D eigenvalue weighted by molar-refractivity contribution is 0.580. The molecule has 4 nitrogen and oxygen atoms in total. The largest absolute Gasteiger partial charge is 0.283 e. The Morgan fingerprint density at radius 1 is 0.793 bits per heavy atom. The maximum absolute atomic E-state index is 13.3. The maximum Gasteiger partial charge on any atom is 0.283 e. The third-order valence-corrected chi connectivity index (χ3v) is 6.00. The zero-order valence-electron chi connectivity index (χ0n) is 15.8. The van der Waals surface area contributed by atoms with E-state index in [2.05, 4.69) is 16.9 Å². The van der Waals surface area contributed by atoms with Gasteiger partial charge in [0.2, 0.25) is 0 Å². The molecule has 0 atom stereocenters. The molecule has 4 aromatic rings. The Balaban J connectivity index is 1.85. The molecule has 1 heterocycles. The second-order valence-corrected chi connectivity index (χ2v) is 8.33. The quantitative estimate of drug-likeness (QED) is 0.478. The number of benzene rings is 3. The van der Waals surface area contributed by atoms with Gasteiger partial charge in [-0.2, -0.15) is 12.5 Å². The lowest BCUT2D eigenvalue weighted by Crippen LogP contribution is -2.16. The van der Waals surface area contributed by atoms with Crippen molar-refractivity contribution in [2.75, 3.05) is 0 Å². The molecule has 29 heavy (non-hydrogen) atoms. The minimum atomic E-state index is -3.86. The van der Waals surface area contributed by atoms with E-state index in [0.717, 1.165) is 20.8 Å². The highest BCUT2D eigenvalue weighted by Crippen LogP contribution is 2.25. The number of nitrogens with zero attached hydrogens (tertiary/aromatic N) is 2. The van der Waals surface area contributed by atoms with Crippen LogP contribution >= 0.6 is 0 Å². The van der Waals surface area contributed by atoms with Gasteiger partial charge in [-0.05, 0) is 37.1 Å². The van der Waals surface area contributed by atoms with Crippen molar-refractivity contribution >= 4 is 10.0 Å². The molecule has 0 spiro atoms. The fourth-order valence-electron chi connectivity index (χ4n) is 2.88. The van der Waals surface area contributed by atoms with Crippen LogP contribution in [-0.4, -0.2) is 17.6 Å². The summed E-state index contributed by atoms with van der Waals surface area (Å²) in [5.74, 6) is 6.01. The Labute approximate surface area is 170 Å². The SMILES string of the molecule is Cc1ccc(S(=O)(=O)n2nc(C#Cc3ccccc3)cc2-c2ccccc2)cc1. The summed E-state index contributed by atoms with van der Waals surface area (Å²) >= 11 is 0. The molecule has 0 aliphatic heterocycles. The average Bonchev–Trinajstić information content (AvgIpc) is 3.19. The maximum atomic E-state index is 13.3. The Morgan fingerprint density at radius 2 is 1.41 bits per heavy atom. The van der Waals surface area contributed by atoms with Gasteiger partial charge >= 0.3 is 0 Å². The minimum Gasteiger partial charge on any atom is -0.199 e. The second-order valence-electron chi connectivity index (χ2n) is 6.56. The molecular weight excluding hydrogens is 380 g/mol. The van der Waals surface area contributed by atoms with Gasteiger partial charge in [-0.15, -0.1) is 5.10 Å².